The van der Waals surface area contributed by atoms with E-state index in [1.807, 2.05) is 23.5 Å². The molecule has 0 amide bonds. The molecular formula is C12H8BrClS. The van der Waals surface area contributed by atoms with Crippen molar-refractivity contribution in [2.75, 3.05) is 0 Å². The Morgan fingerprint density at radius 3 is 3.13 bits per heavy atom. The molecule has 0 spiro atoms. The summed E-state index contributed by atoms with van der Waals surface area (Å²) in [5.41, 5.74) is 1.43. The van der Waals surface area contributed by atoms with Gasteiger partial charge in [0, 0.05) is 19.4 Å². The van der Waals surface area contributed by atoms with Crippen LogP contribution in [-0.2, 0) is 0 Å². The molecule has 0 saturated carbocycles. The zero-order valence-electron chi connectivity index (χ0n) is 7.84. The lowest BCUT2D eigenvalue weighted by Crippen LogP contribution is -1.92. The van der Waals surface area contributed by atoms with Crippen LogP contribution in [0.2, 0.25) is 5.02 Å². The number of hydrogen-bond donors (Lipinski definition) is 0. The van der Waals surface area contributed by atoms with Crippen molar-refractivity contribution in [2.24, 2.45) is 0 Å². The van der Waals surface area contributed by atoms with E-state index in [0.29, 0.717) is 4.83 Å². The molecule has 1 heterocycles. The highest BCUT2D eigenvalue weighted by Gasteiger charge is 2.19. The first kappa shape index (κ1) is 9.88. The predicted molar refractivity (Wildman–Crippen MR) is 72.2 cm³/mol. The number of benzene rings is 1. The fourth-order valence-corrected chi connectivity index (χ4v) is 4.30. The Bertz CT molecular complexity index is 556. The smallest absolute Gasteiger partial charge is 0.0450 e. The van der Waals surface area contributed by atoms with Crippen molar-refractivity contribution in [1.29, 1.82) is 0 Å². The van der Waals surface area contributed by atoms with Crippen molar-refractivity contribution in [1.82, 2.24) is 0 Å². The van der Waals surface area contributed by atoms with E-state index in [1.165, 1.54) is 20.5 Å². The van der Waals surface area contributed by atoms with Gasteiger partial charge in [-0.05, 0) is 35.6 Å². The molecule has 0 nitrogen and oxygen atoms in total. The summed E-state index contributed by atoms with van der Waals surface area (Å²) in [4.78, 5) is 1.81. The zero-order valence-corrected chi connectivity index (χ0v) is 11.0. The summed E-state index contributed by atoms with van der Waals surface area (Å²) in [7, 11) is 0. The minimum atomic E-state index is 0.451. The summed E-state index contributed by atoms with van der Waals surface area (Å²) < 4.78 is 1.28. The molecule has 0 saturated heterocycles. The summed E-state index contributed by atoms with van der Waals surface area (Å²) in [5.74, 6) is 0. The monoisotopic (exact) mass is 298 g/mol. The maximum absolute atomic E-state index is 6.00. The topological polar surface area (TPSA) is 0 Å². The van der Waals surface area contributed by atoms with Crippen molar-refractivity contribution in [3.63, 3.8) is 0 Å². The first-order valence-electron chi connectivity index (χ1n) is 4.78. The second-order valence-electron chi connectivity index (χ2n) is 3.63. The highest BCUT2D eigenvalue weighted by Crippen LogP contribution is 2.44. The van der Waals surface area contributed by atoms with Gasteiger partial charge in [0.2, 0.25) is 0 Å². The van der Waals surface area contributed by atoms with E-state index in [0.717, 1.165) is 11.4 Å². The fraction of sp³-hybridized carbons (Fsp3) is 0.167. The van der Waals surface area contributed by atoms with E-state index in [9.17, 15) is 0 Å². The normalized spacial score (nSPS) is 19.5. The molecule has 0 N–H and O–H groups in total. The predicted octanol–water partition coefficient (Wildman–Crippen LogP) is 5.41. The Morgan fingerprint density at radius 2 is 2.27 bits per heavy atom. The lowest BCUT2D eigenvalue weighted by Gasteiger charge is -2.12. The molecule has 0 bridgehead atoms. The average molecular weight is 300 g/mol. The van der Waals surface area contributed by atoms with Crippen LogP contribution in [0.3, 0.4) is 0 Å². The summed E-state index contributed by atoms with van der Waals surface area (Å²) in [6, 6.07) is 6.14. The number of halogens is 2. The largest absolute Gasteiger partial charge is 0.135 e. The maximum Gasteiger partial charge on any atom is 0.0450 e. The van der Waals surface area contributed by atoms with Gasteiger partial charge < -0.3 is 0 Å². The minimum absolute atomic E-state index is 0.451. The van der Waals surface area contributed by atoms with E-state index in [-0.39, 0.29) is 0 Å². The molecular weight excluding hydrogens is 292 g/mol. The molecule has 3 heteroatoms. The first-order chi connectivity index (χ1) is 7.25. The highest BCUT2D eigenvalue weighted by molar-refractivity contribution is 9.09. The Hall–Kier alpha value is -0.310. The summed E-state index contributed by atoms with van der Waals surface area (Å²) in [6.45, 7) is 0. The van der Waals surface area contributed by atoms with Crippen LogP contribution in [0.4, 0.5) is 0 Å². The number of hydrogen-bond acceptors (Lipinski definition) is 1. The van der Waals surface area contributed by atoms with Gasteiger partial charge in [0.15, 0.2) is 0 Å². The van der Waals surface area contributed by atoms with Gasteiger partial charge in [0.1, 0.15) is 0 Å². The van der Waals surface area contributed by atoms with Gasteiger partial charge in [-0.15, -0.1) is 11.3 Å². The fourth-order valence-electron chi connectivity index (χ4n) is 1.97. The SMILES string of the molecule is Clc1ccc2c3c(sc2c1)C=CCC3Br. The van der Waals surface area contributed by atoms with E-state index in [4.69, 9.17) is 11.6 Å². The maximum atomic E-state index is 6.00. The second-order valence-corrected chi connectivity index (χ2v) is 6.25. The van der Waals surface area contributed by atoms with Gasteiger partial charge in [-0.2, -0.15) is 0 Å². The Labute approximate surface area is 106 Å². The van der Waals surface area contributed by atoms with Gasteiger partial charge in [0.05, 0.1) is 0 Å². The molecule has 1 aliphatic rings. The molecule has 1 aliphatic carbocycles. The van der Waals surface area contributed by atoms with Crippen LogP contribution < -0.4 is 0 Å². The Balaban J connectivity index is 2.37. The minimum Gasteiger partial charge on any atom is -0.135 e. The molecule has 1 aromatic heterocycles. The van der Waals surface area contributed by atoms with Crippen LogP contribution in [0.25, 0.3) is 16.2 Å². The Morgan fingerprint density at radius 1 is 1.40 bits per heavy atom. The molecule has 0 aliphatic heterocycles. The van der Waals surface area contributed by atoms with Crippen LogP contribution in [0.5, 0.6) is 0 Å². The summed E-state index contributed by atoms with van der Waals surface area (Å²) >= 11 is 11.5. The highest BCUT2D eigenvalue weighted by atomic mass is 79.9. The molecule has 3 rings (SSSR count). The molecule has 1 aromatic carbocycles. The van der Waals surface area contributed by atoms with Gasteiger partial charge in [-0.25, -0.2) is 0 Å². The van der Waals surface area contributed by atoms with Gasteiger partial charge in [-0.1, -0.05) is 39.7 Å². The standard InChI is InChI=1S/C12H8BrClS/c13-9-2-1-3-10-12(9)8-5-4-7(14)6-11(8)15-10/h1,3-6,9H,2H2. The lowest BCUT2D eigenvalue weighted by atomic mass is 10.0. The summed E-state index contributed by atoms with van der Waals surface area (Å²) in [6.07, 6.45) is 5.51. The van der Waals surface area contributed by atoms with E-state index < -0.39 is 0 Å². The molecule has 15 heavy (non-hydrogen) atoms. The second kappa shape index (κ2) is 3.62. The molecule has 0 radical (unpaired) electrons. The zero-order chi connectivity index (χ0) is 10.4. The average Bonchev–Trinajstić information content (AvgIpc) is 2.56. The third kappa shape index (κ3) is 1.55. The quantitative estimate of drug-likeness (QED) is 0.571. The van der Waals surface area contributed by atoms with Crippen molar-refractivity contribution in [3.05, 3.63) is 39.7 Å². The van der Waals surface area contributed by atoms with Gasteiger partial charge >= 0.3 is 0 Å². The van der Waals surface area contributed by atoms with Crippen molar-refractivity contribution in [3.8, 4) is 0 Å². The molecule has 0 fully saturated rings. The van der Waals surface area contributed by atoms with Crippen molar-refractivity contribution < 1.29 is 0 Å². The molecule has 1 unspecified atom stereocenters. The first-order valence-corrected chi connectivity index (χ1v) is 6.89. The molecule has 2 aromatic rings. The van der Waals surface area contributed by atoms with Crippen LogP contribution in [0.15, 0.2) is 24.3 Å². The molecule has 76 valence electrons. The van der Waals surface area contributed by atoms with Crippen LogP contribution >= 0.6 is 38.9 Å². The number of fused-ring (bicyclic) bond motifs is 3. The van der Waals surface area contributed by atoms with Gasteiger partial charge in [-0.3, -0.25) is 0 Å². The number of thiophene rings is 1. The van der Waals surface area contributed by atoms with Gasteiger partial charge in [0.25, 0.3) is 0 Å². The van der Waals surface area contributed by atoms with Crippen LogP contribution in [-0.4, -0.2) is 0 Å². The number of alkyl halides is 1. The van der Waals surface area contributed by atoms with E-state index in [1.54, 1.807) is 0 Å². The van der Waals surface area contributed by atoms with Crippen molar-refractivity contribution in [2.45, 2.75) is 11.2 Å². The Kier molecular flexibility index (Phi) is 2.38. The lowest BCUT2D eigenvalue weighted by molar-refractivity contribution is 0.993. The van der Waals surface area contributed by atoms with E-state index in [2.05, 4.69) is 34.1 Å². The third-order valence-corrected chi connectivity index (χ3v) is 4.85. The van der Waals surface area contributed by atoms with Crippen molar-refractivity contribution >= 4 is 55.0 Å². The van der Waals surface area contributed by atoms with Crippen LogP contribution in [0, 0.1) is 0 Å². The van der Waals surface area contributed by atoms with E-state index >= 15 is 0 Å². The number of allylic oxidation sites excluding steroid dienone is 1. The van der Waals surface area contributed by atoms with Crippen LogP contribution in [0.1, 0.15) is 21.7 Å². The number of rotatable bonds is 0. The third-order valence-electron chi connectivity index (χ3n) is 2.64. The molecule has 1 atom stereocenters. The summed E-state index contributed by atoms with van der Waals surface area (Å²) in [5, 5.41) is 2.15.